The van der Waals surface area contributed by atoms with Crippen LogP contribution in [-0.2, 0) is 0 Å². The lowest BCUT2D eigenvalue weighted by Crippen LogP contribution is -1.89. The van der Waals surface area contributed by atoms with Crippen LogP contribution >= 0.6 is 0 Å². The molecular weight excluding hydrogens is 256 g/mol. The maximum atomic E-state index is 4.60. The van der Waals surface area contributed by atoms with Crippen LogP contribution in [0.3, 0.4) is 0 Å². The van der Waals surface area contributed by atoms with Gasteiger partial charge in [-0.2, -0.15) is 0 Å². The number of fused-ring (bicyclic) bond motifs is 1. The molecule has 0 unspecified atom stereocenters. The van der Waals surface area contributed by atoms with Crippen LogP contribution in [0.25, 0.3) is 23.1 Å². The highest BCUT2D eigenvalue weighted by atomic mass is 14.7. The average Bonchev–Trinajstić information content (AvgIpc) is 2.54. The Morgan fingerprint density at radius 2 is 1.43 bits per heavy atom. The summed E-state index contributed by atoms with van der Waals surface area (Å²) in [4.78, 5) is 4.60. The number of nitrogens with one attached hydrogen (secondary N) is 1. The number of hydrogen-bond donors (Lipinski definition) is 1. The molecule has 0 aliphatic heterocycles. The molecule has 1 N–H and O–H groups in total. The molecule has 0 aliphatic carbocycles. The molecule has 0 atom stereocenters. The Kier molecular flexibility index (Phi) is 5.68. The van der Waals surface area contributed by atoms with Crippen LogP contribution in [0, 0.1) is 0 Å². The Labute approximate surface area is 126 Å². The third kappa shape index (κ3) is 4.55. The Morgan fingerprint density at radius 1 is 0.762 bits per heavy atom. The van der Waals surface area contributed by atoms with Gasteiger partial charge in [0.05, 0.1) is 11.2 Å². The monoisotopic (exact) mass is 276 g/mol. The zero-order valence-electron chi connectivity index (χ0n) is 12.5. The van der Waals surface area contributed by atoms with E-state index < -0.39 is 0 Å². The van der Waals surface area contributed by atoms with E-state index in [1.54, 1.807) is 0 Å². The molecule has 3 rings (SSSR count). The molecule has 0 saturated carbocycles. The van der Waals surface area contributed by atoms with Crippen molar-refractivity contribution in [2.24, 2.45) is 0 Å². The summed E-state index contributed by atoms with van der Waals surface area (Å²) >= 11 is 0. The van der Waals surface area contributed by atoms with E-state index in [0.717, 1.165) is 11.2 Å². The number of rotatable bonds is 2. The van der Waals surface area contributed by atoms with Gasteiger partial charge in [0.1, 0.15) is 0 Å². The van der Waals surface area contributed by atoms with Crippen LogP contribution in [0.15, 0.2) is 66.7 Å². The molecule has 3 aromatic rings. The summed E-state index contributed by atoms with van der Waals surface area (Å²) in [6.07, 6.45) is 4.12. The number of pyridine rings is 1. The zero-order valence-corrected chi connectivity index (χ0v) is 12.5. The number of hydrogen-bond acceptors (Lipinski definition) is 2. The Hall–Kier alpha value is -2.45. The fourth-order valence-electron chi connectivity index (χ4n) is 1.92. The molecule has 0 bridgehead atoms. The summed E-state index contributed by atoms with van der Waals surface area (Å²) in [7, 11) is 3.75. The minimum absolute atomic E-state index is 0.984. The minimum Gasteiger partial charge on any atom is -0.323 e. The van der Waals surface area contributed by atoms with E-state index in [4.69, 9.17) is 0 Å². The molecule has 2 heteroatoms. The van der Waals surface area contributed by atoms with Gasteiger partial charge in [-0.3, -0.25) is 0 Å². The average molecular weight is 276 g/mol. The summed E-state index contributed by atoms with van der Waals surface area (Å²) in [6.45, 7) is 0. The van der Waals surface area contributed by atoms with Gasteiger partial charge in [0, 0.05) is 5.39 Å². The van der Waals surface area contributed by atoms with Crippen LogP contribution in [-0.4, -0.2) is 19.1 Å². The second-order valence-corrected chi connectivity index (χ2v) is 4.67. The normalized spacial score (nSPS) is 10.4. The van der Waals surface area contributed by atoms with Crippen LogP contribution in [0.5, 0.6) is 0 Å². The van der Waals surface area contributed by atoms with Crippen molar-refractivity contribution >= 4 is 23.1 Å². The summed E-state index contributed by atoms with van der Waals surface area (Å²) in [6, 6.07) is 22.6. The summed E-state index contributed by atoms with van der Waals surface area (Å²) in [5.74, 6) is 0. The van der Waals surface area contributed by atoms with Crippen molar-refractivity contribution in [2.75, 3.05) is 14.1 Å². The number of benzene rings is 2. The molecule has 0 fully saturated rings. The van der Waals surface area contributed by atoms with E-state index in [0.29, 0.717) is 0 Å². The largest absolute Gasteiger partial charge is 0.323 e. The number of aromatic nitrogens is 1. The van der Waals surface area contributed by atoms with Crippen molar-refractivity contribution in [3.05, 3.63) is 78.0 Å². The molecule has 0 radical (unpaired) electrons. The van der Waals surface area contributed by atoms with Crippen LogP contribution in [0.1, 0.15) is 11.3 Å². The molecule has 0 spiro atoms. The highest BCUT2D eigenvalue weighted by Crippen LogP contribution is 2.13. The van der Waals surface area contributed by atoms with Crippen molar-refractivity contribution < 1.29 is 0 Å². The van der Waals surface area contributed by atoms with Crippen LogP contribution in [0.4, 0.5) is 0 Å². The molecule has 1 heterocycles. The second-order valence-electron chi connectivity index (χ2n) is 4.67. The first-order valence-electron chi connectivity index (χ1n) is 7.01. The lowest BCUT2D eigenvalue weighted by atomic mass is 10.1. The van der Waals surface area contributed by atoms with Gasteiger partial charge in [-0.25, -0.2) is 4.98 Å². The Morgan fingerprint density at radius 3 is 2.19 bits per heavy atom. The van der Waals surface area contributed by atoms with Gasteiger partial charge in [0.15, 0.2) is 0 Å². The molecule has 1 aromatic heterocycles. The smallest absolute Gasteiger partial charge is 0.0709 e. The van der Waals surface area contributed by atoms with E-state index in [1.165, 1.54) is 10.9 Å². The third-order valence-corrected chi connectivity index (χ3v) is 2.87. The lowest BCUT2D eigenvalue weighted by Gasteiger charge is -1.98. The quantitative estimate of drug-likeness (QED) is 0.757. The summed E-state index contributed by atoms with van der Waals surface area (Å²) < 4.78 is 0. The van der Waals surface area contributed by atoms with Crippen LogP contribution < -0.4 is 5.32 Å². The van der Waals surface area contributed by atoms with Crippen molar-refractivity contribution in [1.29, 1.82) is 0 Å². The van der Waals surface area contributed by atoms with E-state index in [-0.39, 0.29) is 0 Å². The predicted octanol–water partition coefficient (Wildman–Crippen LogP) is 4.24. The molecule has 0 amide bonds. The molecule has 21 heavy (non-hydrogen) atoms. The first-order valence-corrected chi connectivity index (χ1v) is 7.01. The molecule has 106 valence electrons. The highest BCUT2D eigenvalue weighted by molar-refractivity contribution is 5.80. The van der Waals surface area contributed by atoms with Crippen molar-refractivity contribution in [3.63, 3.8) is 0 Å². The standard InChI is InChI=1S/C17H13N.C2H7N/c1-2-6-14(7-3-1)10-12-16-13-11-15-8-4-5-9-17(15)18-16;1-3-2/h1-13H;3H,1-2H3. The summed E-state index contributed by atoms with van der Waals surface area (Å²) in [5, 5.41) is 3.93. The Balaban J connectivity index is 0.000000497. The molecule has 2 nitrogen and oxygen atoms in total. The van der Waals surface area contributed by atoms with E-state index in [9.17, 15) is 0 Å². The van der Waals surface area contributed by atoms with Gasteiger partial charge in [-0.05, 0) is 37.9 Å². The molecule has 2 aromatic carbocycles. The molecule has 0 aliphatic rings. The van der Waals surface area contributed by atoms with E-state index in [1.807, 2.05) is 62.6 Å². The number of nitrogens with zero attached hydrogens (tertiary/aromatic N) is 1. The maximum Gasteiger partial charge on any atom is 0.0709 e. The highest BCUT2D eigenvalue weighted by Gasteiger charge is 1.94. The van der Waals surface area contributed by atoms with Gasteiger partial charge in [0.25, 0.3) is 0 Å². The first kappa shape index (κ1) is 14.9. The van der Waals surface area contributed by atoms with Crippen molar-refractivity contribution in [3.8, 4) is 0 Å². The van der Waals surface area contributed by atoms with Gasteiger partial charge in [-0.1, -0.05) is 60.7 Å². The van der Waals surface area contributed by atoms with Gasteiger partial charge >= 0.3 is 0 Å². The van der Waals surface area contributed by atoms with Gasteiger partial charge in [-0.15, -0.1) is 0 Å². The molecule has 0 saturated heterocycles. The number of para-hydroxylation sites is 1. The van der Waals surface area contributed by atoms with Crippen molar-refractivity contribution in [2.45, 2.75) is 0 Å². The van der Waals surface area contributed by atoms with Gasteiger partial charge < -0.3 is 5.32 Å². The third-order valence-electron chi connectivity index (χ3n) is 2.87. The first-order chi connectivity index (χ1) is 10.3. The second kappa shape index (κ2) is 7.98. The summed E-state index contributed by atoms with van der Waals surface area (Å²) in [5.41, 5.74) is 3.21. The minimum atomic E-state index is 0.984. The van der Waals surface area contributed by atoms with E-state index >= 15 is 0 Å². The van der Waals surface area contributed by atoms with Gasteiger partial charge in [0.2, 0.25) is 0 Å². The topological polar surface area (TPSA) is 24.9 Å². The predicted molar refractivity (Wildman–Crippen MR) is 92.1 cm³/mol. The fraction of sp³-hybridized carbons (Fsp3) is 0.105. The SMILES string of the molecule is C(=Cc1ccc2ccccc2n1)c1ccccc1.CNC. The van der Waals surface area contributed by atoms with Crippen molar-refractivity contribution in [1.82, 2.24) is 10.3 Å². The van der Waals surface area contributed by atoms with E-state index in [2.05, 4.69) is 40.6 Å². The Bertz CT molecular complexity index is 703. The fourth-order valence-corrected chi connectivity index (χ4v) is 1.92. The maximum absolute atomic E-state index is 4.60. The lowest BCUT2D eigenvalue weighted by molar-refractivity contribution is 1.02. The zero-order chi connectivity index (χ0) is 14.9. The van der Waals surface area contributed by atoms with Crippen LogP contribution in [0.2, 0.25) is 0 Å². The molecular formula is C19H20N2.